The van der Waals surface area contributed by atoms with Gasteiger partial charge in [0.25, 0.3) is 11.6 Å². The number of carbonyl (C=O) groups is 1. The fraction of sp³-hybridized carbons (Fsp3) is 0.364. The first kappa shape index (κ1) is 24.7. The Balaban J connectivity index is 1.95. The van der Waals surface area contributed by atoms with Gasteiger partial charge < -0.3 is 4.57 Å². The number of thiazole rings is 1. The lowest BCUT2D eigenvalue weighted by Gasteiger charge is -2.21. The highest BCUT2D eigenvalue weighted by molar-refractivity contribution is 7.89. The Labute approximate surface area is 196 Å². The van der Waals surface area contributed by atoms with Crippen molar-refractivity contribution >= 4 is 43.2 Å². The molecule has 0 saturated carbocycles. The number of aryl methyl sites for hydroxylation is 1. The number of rotatable bonds is 9. The van der Waals surface area contributed by atoms with Crippen molar-refractivity contribution in [2.45, 2.75) is 45.1 Å². The molecule has 1 amide bonds. The highest BCUT2D eigenvalue weighted by Gasteiger charge is 2.23. The molecule has 0 unspecified atom stereocenters. The smallest absolute Gasteiger partial charge is 0.279 e. The van der Waals surface area contributed by atoms with E-state index in [4.69, 9.17) is 0 Å². The van der Waals surface area contributed by atoms with Gasteiger partial charge in [-0.1, -0.05) is 25.2 Å². The first-order valence-electron chi connectivity index (χ1n) is 10.7. The molecular weight excluding hydrogens is 464 g/mol. The SMILES string of the molecule is CCCN(CCC)S(=O)(=O)c1ccc(C(=O)N=c2sc3ccc([N+](=O)[O-])cc3n2CC)cc1. The van der Waals surface area contributed by atoms with Gasteiger partial charge in [0.2, 0.25) is 10.0 Å². The molecule has 0 spiro atoms. The molecule has 3 rings (SSSR count). The fourth-order valence-corrected chi connectivity index (χ4v) is 6.18. The summed E-state index contributed by atoms with van der Waals surface area (Å²) < 4.78 is 29.8. The van der Waals surface area contributed by atoms with Crippen LogP contribution in [0.25, 0.3) is 10.2 Å². The summed E-state index contributed by atoms with van der Waals surface area (Å²) in [6.45, 7) is 7.08. The second-order valence-electron chi connectivity index (χ2n) is 7.38. The largest absolute Gasteiger partial charge is 0.316 e. The van der Waals surface area contributed by atoms with Crippen molar-refractivity contribution in [3.63, 3.8) is 0 Å². The number of nitro benzene ring substituents is 1. The summed E-state index contributed by atoms with van der Waals surface area (Å²) in [6, 6.07) is 10.3. The lowest BCUT2D eigenvalue weighted by molar-refractivity contribution is -0.384. The van der Waals surface area contributed by atoms with Gasteiger partial charge in [0.15, 0.2) is 4.80 Å². The minimum absolute atomic E-state index is 0.0302. The third-order valence-corrected chi connectivity index (χ3v) is 8.05. The standard InChI is InChI=1S/C22H26N4O5S2/c1-4-13-24(14-5-2)33(30,31)18-10-7-16(8-11-18)21(27)23-22-25(6-3)19-15-17(26(28)29)9-12-20(19)32-22/h7-12,15H,4-6,13-14H2,1-3H3. The van der Waals surface area contributed by atoms with Crippen LogP contribution >= 0.6 is 11.3 Å². The first-order valence-corrected chi connectivity index (χ1v) is 13.0. The van der Waals surface area contributed by atoms with Gasteiger partial charge in [0.1, 0.15) is 0 Å². The van der Waals surface area contributed by atoms with Gasteiger partial charge in [-0.25, -0.2) is 8.42 Å². The van der Waals surface area contributed by atoms with E-state index in [0.717, 1.165) is 4.70 Å². The Morgan fingerprint density at radius 3 is 2.27 bits per heavy atom. The summed E-state index contributed by atoms with van der Waals surface area (Å²) in [4.78, 5) is 28.2. The van der Waals surface area contributed by atoms with Crippen molar-refractivity contribution in [3.8, 4) is 0 Å². The molecule has 0 aliphatic carbocycles. The van der Waals surface area contributed by atoms with E-state index >= 15 is 0 Å². The Bertz CT molecular complexity index is 1340. The first-order chi connectivity index (χ1) is 15.7. The highest BCUT2D eigenvalue weighted by atomic mass is 32.2. The van der Waals surface area contributed by atoms with Gasteiger partial charge >= 0.3 is 0 Å². The minimum Gasteiger partial charge on any atom is -0.316 e. The van der Waals surface area contributed by atoms with Gasteiger partial charge in [-0.05, 0) is 50.1 Å². The van der Waals surface area contributed by atoms with Crippen LogP contribution in [0, 0.1) is 10.1 Å². The summed E-state index contributed by atoms with van der Waals surface area (Å²) in [5.41, 5.74) is 0.867. The van der Waals surface area contributed by atoms with Crippen LogP contribution in [0.5, 0.6) is 0 Å². The summed E-state index contributed by atoms with van der Waals surface area (Å²) in [7, 11) is -3.63. The number of nitrogens with zero attached hydrogens (tertiary/aromatic N) is 4. The third kappa shape index (κ3) is 5.21. The molecule has 0 aliphatic rings. The number of amides is 1. The molecule has 1 aromatic heterocycles. The summed E-state index contributed by atoms with van der Waals surface area (Å²) in [5, 5.41) is 11.1. The molecule has 0 atom stereocenters. The van der Waals surface area contributed by atoms with Crippen LogP contribution in [0.2, 0.25) is 0 Å². The van der Waals surface area contributed by atoms with Crippen LogP contribution in [0.1, 0.15) is 44.0 Å². The maximum atomic E-state index is 12.9. The average Bonchev–Trinajstić information content (AvgIpc) is 3.14. The molecule has 0 saturated heterocycles. The second kappa shape index (κ2) is 10.4. The molecule has 0 aliphatic heterocycles. The fourth-order valence-electron chi connectivity index (χ4n) is 3.48. The summed E-state index contributed by atoms with van der Waals surface area (Å²) in [6.07, 6.45) is 1.43. The Morgan fingerprint density at radius 2 is 1.73 bits per heavy atom. The van der Waals surface area contributed by atoms with Crippen LogP contribution in [0.4, 0.5) is 5.69 Å². The summed E-state index contributed by atoms with van der Waals surface area (Å²) in [5.74, 6) is -0.513. The van der Waals surface area contributed by atoms with Gasteiger partial charge in [0.05, 0.1) is 20.0 Å². The van der Waals surface area contributed by atoms with Crippen molar-refractivity contribution in [1.82, 2.24) is 8.87 Å². The van der Waals surface area contributed by atoms with Crippen LogP contribution in [-0.2, 0) is 16.6 Å². The Morgan fingerprint density at radius 1 is 1.09 bits per heavy atom. The van der Waals surface area contributed by atoms with Crippen molar-refractivity contribution in [3.05, 3.63) is 62.9 Å². The van der Waals surface area contributed by atoms with E-state index in [1.165, 1.54) is 52.0 Å². The summed E-state index contributed by atoms with van der Waals surface area (Å²) >= 11 is 1.26. The number of carbonyl (C=O) groups excluding carboxylic acids is 1. The zero-order valence-corrected chi connectivity index (χ0v) is 20.4. The van der Waals surface area contributed by atoms with E-state index in [1.807, 2.05) is 20.8 Å². The number of fused-ring (bicyclic) bond motifs is 1. The molecule has 2 aromatic carbocycles. The lowest BCUT2D eigenvalue weighted by atomic mass is 10.2. The predicted octanol–water partition coefficient (Wildman–Crippen LogP) is 4.18. The zero-order valence-electron chi connectivity index (χ0n) is 18.7. The molecule has 176 valence electrons. The molecule has 1 heterocycles. The van der Waals surface area contributed by atoms with Gasteiger partial charge in [0, 0.05) is 37.3 Å². The van der Waals surface area contributed by atoms with E-state index < -0.39 is 20.9 Å². The predicted molar refractivity (Wildman–Crippen MR) is 128 cm³/mol. The van der Waals surface area contributed by atoms with Crippen molar-refractivity contribution < 1.29 is 18.1 Å². The van der Waals surface area contributed by atoms with Crippen LogP contribution in [0.15, 0.2) is 52.4 Å². The maximum Gasteiger partial charge on any atom is 0.279 e. The van der Waals surface area contributed by atoms with E-state index in [1.54, 1.807) is 10.6 Å². The maximum absolute atomic E-state index is 12.9. The second-order valence-corrected chi connectivity index (χ2v) is 10.3. The molecule has 3 aromatic rings. The highest BCUT2D eigenvalue weighted by Crippen LogP contribution is 2.23. The number of non-ortho nitro benzene ring substituents is 1. The third-order valence-electron chi connectivity index (χ3n) is 5.07. The Hall–Kier alpha value is -2.89. The van der Waals surface area contributed by atoms with Gasteiger partial charge in [-0.15, -0.1) is 0 Å². The zero-order chi connectivity index (χ0) is 24.2. The van der Waals surface area contributed by atoms with E-state index in [2.05, 4.69) is 4.99 Å². The van der Waals surface area contributed by atoms with E-state index in [9.17, 15) is 23.3 Å². The molecule has 9 nitrogen and oxygen atoms in total. The van der Waals surface area contributed by atoms with Crippen LogP contribution < -0.4 is 4.80 Å². The van der Waals surface area contributed by atoms with E-state index in [0.29, 0.717) is 42.8 Å². The van der Waals surface area contributed by atoms with Gasteiger partial charge in [-0.2, -0.15) is 9.30 Å². The molecule has 11 heteroatoms. The number of sulfonamides is 1. The van der Waals surface area contributed by atoms with Crippen molar-refractivity contribution in [1.29, 1.82) is 0 Å². The molecule has 0 fully saturated rings. The van der Waals surface area contributed by atoms with Crippen LogP contribution in [-0.4, -0.2) is 41.2 Å². The average molecular weight is 491 g/mol. The minimum atomic E-state index is -3.63. The Kier molecular flexibility index (Phi) is 7.77. The monoisotopic (exact) mass is 490 g/mol. The van der Waals surface area contributed by atoms with Gasteiger partial charge in [-0.3, -0.25) is 14.9 Å². The number of hydrogen-bond donors (Lipinski definition) is 0. The molecule has 0 bridgehead atoms. The topological polar surface area (TPSA) is 115 Å². The van der Waals surface area contributed by atoms with Crippen molar-refractivity contribution in [2.24, 2.45) is 4.99 Å². The quantitative estimate of drug-likeness (QED) is 0.330. The van der Waals surface area contributed by atoms with E-state index in [-0.39, 0.29) is 16.1 Å². The lowest BCUT2D eigenvalue weighted by Crippen LogP contribution is -2.32. The number of benzene rings is 2. The number of nitro groups is 1. The van der Waals surface area contributed by atoms with Crippen LogP contribution in [0.3, 0.4) is 0 Å². The molecular formula is C22H26N4O5S2. The molecule has 33 heavy (non-hydrogen) atoms. The van der Waals surface area contributed by atoms with Crippen molar-refractivity contribution in [2.75, 3.05) is 13.1 Å². The number of hydrogen-bond acceptors (Lipinski definition) is 6. The normalized spacial score (nSPS) is 12.5. The molecule has 0 radical (unpaired) electrons. The molecule has 0 N–H and O–H groups in total. The number of aromatic nitrogens is 1.